The first kappa shape index (κ1) is 14.5. The lowest BCUT2D eigenvalue weighted by atomic mass is 9.92. The molecule has 1 aromatic rings. The number of hydrogen-bond donors (Lipinski definition) is 1. The van der Waals surface area contributed by atoms with E-state index in [1.54, 1.807) is 6.07 Å². The van der Waals surface area contributed by atoms with Crippen molar-refractivity contribution in [1.82, 2.24) is 5.32 Å². The maximum Gasteiger partial charge on any atom is 0.129 e. The summed E-state index contributed by atoms with van der Waals surface area (Å²) in [5, 5.41) is 3.41. The van der Waals surface area contributed by atoms with Gasteiger partial charge in [0.25, 0.3) is 0 Å². The first-order chi connectivity index (χ1) is 9.74. The van der Waals surface area contributed by atoms with Crippen LogP contribution in [0.3, 0.4) is 0 Å². The number of rotatable bonds is 5. The number of nitrogens with one attached hydrogen (secondary N) is 1. The first-order valence-electron chi connectivity index (χ1n) is 7.46. The molecule has 2 atom stereocenters. The van der Waals surface area contributed by atoms with Crippen molar-refractivity contribution in [3.63, 3.8) is 0 Å². The predicted octanol–water partition coefficient (Wildman–Crippen LogP) is 3.74. The molecule has 0 aromatic heterocycles. The van der Waals surface area contributed by atoms with Gasteiger partial charge in [-0.1, -0.05) is 22.0 Å². The third-order valence-corrected chi connectivity index (χ3v) is 5.06. The largest absolute Gasteiger partial charge is 0.376 e. The van der Waals surface area contributed by atoms with Gasteiger partial charge in [0.2, 0.25) is 0 Å². The molecule has 2 aliphatic rings. The van der Waals surface area contributed by atoms with Gasteiger partial charge in [-0.2, -0.15) is 0 Å². The summed E-state index contributed by atoms with van der Waals surface area (Å²) in [7, 11) is 0. The second kappa shape index (κ2) is 6.54. The maximum absolute atomic E-state index is 13.6. The molecule has 1 aromatic carbocycles. The molecule has 1 aliphatic carbocycles. The van der Waals surface area contributed by atoms with Crippen LogP contribution in [0, 0.1) is 23.6 Å². The molecule has 1 saturated heterocycles. The summed E-state index contributed by atoms with van der Waals surface area (Å²) in [6.07, 6.45) is 3.92. The van der Waals surface area contributed by atoms with Gasteiger partial charge in [-0.15, -0.1) is 0 Å². The Balaban J connectivity index is 1.40. The molecule has 1 aliphatic heterocycles. The van der Waals surface area contributed by atoms with Gasteiger partial charge in [-0.25, -0.2) is 4.39 Å². The predicted molar refractivity (Wildman–Crippen MR) is 80.9 cm³/mol. The highest BCUT2D eigenvalue weighted by Gasteiger charge is 2.42. The molecule has 110 valence electrons. The average molecular weight is 342 g/mol. The summed E-state index contributed by atoms with van der Waals surface area (Å²) in [4.78, 5) is 0. The van der Waals surface area contributed by atoms with Crippen LogP contribution in [0.2, 0.25) is 0 Å². The molecule has 2 nitrogen and oxygen atoms in total. The Kier molecular flexibility index (Phi) is 4.74. The molecule has 2 fully saturated rings. The average Bonchev–Trinajstić information content (AvgIpc) is 3.22. The zero-order valence-corrected chi connectivity index (χ0v) is 13.2. The molecule has 3 rings (SSSR count). The summed E-state index contributed by atoms with van der Waals surface area (Å²) in [5.41, 5.74) is 0.646. The second-order valence-corrected chi connectivity index (χ2v) is 6.91. The monoisotopic (exact) mass is 341 g/mol. The van der Waals surface area contributed by atoms with E-state index in [-0.39, 0.29) is 5.82 Å². The van der Waals surface area contributed by atoms with E-state index in [1.165, 1.54) is 38.4 Å². The van der Waals surface area contributed by atoms with E-state index in [1.807, 2.05) is 6.07 Å². The highest BCUT2D eigenvalue weighted by Crippen LogP contribution is 2.47. The Bertz CT molecular complexity index is 462. The summed E-state index contributed by atoms with van der Waals surface area (Å²) in [6, 6.07) is 5.14. The van der Waals surface area contributed by atoms with Gasteiger partial charge in [-0.05, 0) is 62.2 Å². The molecule has 4 heteroatoms. The molecule has 0 amide bonds. The van der Waals surface area contributed by atoms with Crippen molar-refractivity contribution in [2.75, 3.05) is 19.7 Å². The van der Waals surface area contributed by atoms with Crippen LogP contribution in [0.15, 0.2) is 22.7 Å². The summed E-state index contributed by atoms with van der Waals surface area (Å²) in [5.74, 6) is 2.25. The van der Waals surface area contributed by atoms with Crippen molar-refractivity contribution >= 4 is 15.9 Å². The minimum atomic E-state index is -0.190. The van der Waals surface area contributed by atoms with E-state index in [0.717, 1.165) is 22.9 Å². The fraction of sp³-hybridized carbons (Fsp3) is 0.625. The molecule has 0 radical (unpaired) electrons. The Morgan fingerprint density at radius 2 is 2.10 bits per heavy atom. The van der Waals surface area contributed by atoms with Gasteiger partial charge < -0.3 is 10.1 Å². The summed E-state index contributed by atoms with van der Waals surface area (Å²) in [6.45, 7) is 3.50. The minimum Gasteiger partial charge on any atom is -0.376 e. The van der Waals surface area contributed by atoms with Gasteiger partial charge in [0.1, 0.15) is 5.82 Å². The molecule has 1 heterocycles. The van der Waals surface area contributed by atoms with Crippen molar-refractivity contribution in [3.05, 3.63) is 34.1 Å². The molecular formula is C16H21BrFNO. The van der Waals surface area contributed by atoms with Gasteiger partial charge in [-0.3, -0.25) is 0 Å². The van der Waals surface area contributed by atoms with Crippen molar-refractivity contribution in [1.29, 1.82) is 0 Å². The Hall–Kier alpha value is -0.450. The van der Waals surface area contributed by atoms with Gasteiger partial charge in [0.05, 0.1) is 13.2 Å². The Labute approximate surface area is 128 Å². The van der Waals surface area contributed by atoms with E-state index < -0.39 is 0 Å². The van der Waals surface area contributed by atoms with E-state index >= 15 is 0 Å². The minimum absolute atomic E-state index is 0.190. The quantitative estimate of drug-likeness (QED) is 0.880. The number of piperidine rings is 1. The zero-order chi connectivity index (χ0) is 13.9. The van der Waals surface area contributed by atoms with Crippen LogP contribution < -0.4 is 5.32 Å². The van der Waals surface area contributed by atoms with Crippen LogP contribution in [0.25, 0.3) is 0 Å². The third kappa shape index (κ3) is 3.60. The van der Waals surface area contributed by atoms with Crippen molar-refractivity contribution in [2.45, 2.75) is 25.9 Å². The Morgan fingerprint density at radius 1 is 1.30 bits per heavy atom. The lowest BCUT2D eigenvalue weighted by Crippen LogP contribution is -2.29. The summed E-state index contributed by atoms with van der Waals surface area (Å²) >= 11 is 3.26. The fourth-order valence-electron chi connectivity index (χ4n) is 3.27. The third-order valence-electron chi connectivity index (χ3n) is 4.57. The van der Waals surface area contributed by atoms with E-state index in [9.17, 15) is 4.39 Å². The highest BCUT2D eigenvalue weighted by atomic mass is 79.9. The van der Waals surface area contributed by atoms with Crippen molar-refractivity contribution in [2.24, 2.45) is 17.8 Å². The van der Waals surface area contributed by atoms with Crippen LogP contribution in [0.4, 0.5) is 4.39 Å². The topological polar surface area (TPSA) is 21.3 Å². The molecule has 0 bridgehead atoms. The highest BCUT2D eigenvalue weighted by molar-refractivity contribution is 9.10. The van der Waals surface area contributed by atoms with Crippen molar-refractivity contribution in [3.8, 4) is 0 Å². The number of halogens is 2. The van der Waals surface area contributed by atoms with Crippen LogP contribution in [-0.4, -0.2) is 19.7 Å². The fourth-order valence-corrected chi connectivity index (χ4v) is 3.60. The number of ether oxygens (including phenoxy) is 1. The van der Waals surface area contributed by atoms with E-state index in [2.05, 4.69) is 21.2 Å². The molecule has 1 saturated carbocycles. The van der Waals surface area contributed by atoms with E-state index in [4.69, 9.17) is 4.74 Å². The van der Waals surface area contributed by atoms with Crippen LogP contribution in [-0.2, 0) is 11.3 Å². The lowest BCUT2D eigenvalue weighted by molar-refractivity contribution is 0.102. The zero-order valence-electron chi connectivity index (χ0n) is 11.6. The standard InChI is InChI=1S/C16H21BrFNO/c17-14-2-1-12(16(18)8-14)9-20-10-13-7-15(13)11-3-5-19-6-4-11/h1-2,8,11,13,15,19H,3-7,9-10H2/t13-,15+/m0/s1. The normalized spacial score (nSPS) is 26.7. The van der Waals surface area contributed by atoms with Crippen molar-refractivity contribution < 1.29 is 9.13 Å². The SMILES string of the molecule is Fc1cc(Br)ccc1COC[C@@H]1C[C@@H]1C1CCNCC1. The van der Waals surface area contributed by atoms with Gasteiger partial charge >= 0.3 is 0 Å². The van der Waals surface area contributed by atoms with Gasteiger partial charge in [0, 0.05) is 10.0 Å². The smallest absolute Gasteiger partial charge is 0.129 e. The van der Waals surface area contributed by atoms with Gasteiger partial charge in [0.15, 0.2) is 0 Å². The first-order valence-corrected chi connectivity index (χ1v) is 8.25. The van der Waals surface area contributed by atoms with Crippen LogP contribution in [0.5, 0.6) is 0 Å². The lowest BCUT2D eigenvalue weighted by Gasteiger charge is -2.22. The molecule has 1 N–H and O–H groups in total. The molecule has 20 heavy (non-hydrogen) atoms. The second-order valence-electron chi connectivity index (χ2n) is 6.00. The van der Waals surface area contributed by atoms with Crippen LogP contribution in [0.1, 0.15) is 24.8 Å². The maximum atomic E-state index is 13.6. The summed E-state index contributed by atoms with van der Waals surface area (Å²) < 4.78 is 20.1. The number of benzene rings is 1. The molecular weight excluding hydrogens is 321 g/mol. The number of hydrogen-bond acceptors (Lipinski definition) is 2. The Morgan fingerprint density at radius 3 is 2.85 bits per heavy atom. The van der Waals surface area contributed by atoms with E-state index in [0.29, 0.717) is 18.1 Å². The molecule has 0 unspecified atom stereocenters. The molecule has 0 spiro atoms. The van der Waals surface area contributed by atoms with Crippen LogP contribution >= 0.6 is 15.9 Å².